The van der Waals surface area contributed by atoms with Crippen LogP contribution in [-0.2, 0) is 19.1 Å². The molecule has 116 valence electrons. The van der Waals surface area contributed by atoms with E-state index >= 15 is 0 Å². The molecule has 1 saturated carbocycles. The molecule has 1 amide bonds. The topological polar surface area (TPSA) is 55.8 Å². The molecule has 0 N–H and O–H groups in total. The lowest BCUT2D eigenvalue weighted by molar-refractivity contribution is -0.189. The molecule has 0 aromatic rings. The largest absolute Gasteiger partial charge is 0.465 e. The lowest BCUT2D eigenvalue weighted by Crippen LogP contribution is -2.44. The Morgan fingerprint density at radius 1 is 1.35 bits per heavy atom. The summed E-state index contributed by atoms with van der Waals surface area (Å²) < 4.78 is 45.4. The van der Waals surface area contributed by atoms with E-state index in [1.165, 1.54) is 11.8 Å². The number of hydrogen-bond donors (Lipinski definition) is 0. The Morgan fingerprint density at radius 3 is 2.40 bits per heavy atom. The molecule has 5 nitrogen and oxygen atoms in total. The molecular weight excluding hydrogens is 279 g/mol. The molecule has 1 aliphatic carbocycles. The Morgan fingerprint density at radius 2 is 1.95 bits per heavy atom. The maximum Gasteiger partial charge on any atom is 0.411 e. The first-order valence-corrected chi connectivity index (χ1v) is 6.39. The van der Waals surface area contributed by atoms with E-state index in [0.717, 1.165) is 12.8 Å². The average Bonchev–Trinajstić information content (AvgIpc) is 3.15. The van der Waals surface area contributed by atoms with Gasteiger partial charge in [-0.25, -0.2) is 0 Å². The van der Waals surface area contributed by atoms with Gasteiger partial charge in [0.15, 0.2) is 0 Å². The van der Waals surface area contributed by atoms with Gasteiger partial charge >= 0.3 is 12.1 Å². The molecule has 0 aromatic carbocycles. The molecule has 1 atom stereocenters. The Bertz CT molecular complexity index is 355. The summed E-state index contributed by atoms with van der Waals surface area (Å²) in [5, 5.41) is 0. The van der Waals surface area contributed by atoms with Gasteiger partial charge in [-0.05, 0) is 26.7 Å². The lowest BCUT2D eigenvalue weighted by Gasteiger charge is -2.25. The van der Waals surface area contributed by atoms with E-state index in [1.54, 1.807) is 6.92 Å². The minimum absolute atomic E-state index is 0.108. The van der Waals surface area contributed by atoms with Crippen LogP contribution in [0.1, 0.15) is 26.7 Å². The molecular formula is C12H18F3NO4. The first-order valence-electron chi connectivity index (χ1n) is 6.39. The molecule has 0 bridgehead atoms. The SMILES string of the molecule is CCOC(=O)CN(C(=O)C(C)OCC(F)(F)F)C1CC1. The fourth-order valence-electron chi connectivity index (χ4n) is 1.64. The zero-order valence-corrected chi connectivity index (χ0v) is 11.4. The zero-order chi connectivity index (χ0) is 15.3. The van der Waals surface area contributed by atoms with Crippen molar-refractivity contribution in [2.24, 2.45) is 0 Å². The molecule has 0 aromatic heterocycles. The molecule has 0 radical (unpaired) electrons. The second-order valence-electron chi connectivity index (χ2n) is 4.57. The van der Waals surface area contributed by atoms with Crippen LogP contribution in [0.25, 0.3) is 0 Å². The number of carbonyl (C=O) groups is 2. The van der Waals surface area contributed by atoms with Crippen molar-refractivity contribution in [3.63, 3.8) is 0 Å². The minimum Gasteiger partial charge on any atom is -0.465 e. The second kappa shape index (κ2) is 6.92. The number of alkyl halides is 3. The number of rotatable bonds is 7. The molecule has 0 heterocycles. The third-order valence-electron chi connectivity index (χ3n) is 2.72. The number of carbonyl (C=O) groups excluding carboxylic acids is 2. The lowest BCUT2D eigenvalue weighted by atomic mass is 10.3. The van der Waals surface area contributed by atoms with Crippen molar-refractivity contribution < 1.29 is 32.2 Å². The van der Waals surface area contributed by atoms with Gasteiger partial charge in [-0.3, -0.25) is 9.59 Å². The molecule has 0 aliphatic heterocycles. The number of amides is 1. The van der Waals surface area contributed by atoms with Gasteiger partial charge in [-0.2, -0.15) is 13.2 Å². The molecule has 1 rings (SSSR count). The van der Waals surface area contributed by atoms with Crippen LogP contribution in [0.15, 0.2) is 0 Å². The predicted molar refractivity (Wildman–Crippen MR) is 62.8 cm³/mol. The number of esters is 1. The Labute approximate surface area is 115 Å². The van der Waals surface area contributed by atoms with Crippen molar-refractivity contribution in [3.8, 4) is 0 Å². The summed E-state index contributed by atoms with van der Waals surface area (Å²) in [4.78, 5) is 24.6. The van der Waals surface area contributed by atoms with Crippen LogP contribution >= 0.6 is 0 Å². The van der Waals surface area contributed by atoms with Crippen LogP contribution in [0.3, 0.4) is 0 Å². The van der Waals surface area contributed by atoms with Gasteiger partial charge in [0.05, 0.1) is 6.61 Å². The average molecular weight is 297 g/mol. The highest BCUT2D eigenvalue weighted by Gasteiger charge is 2.37. The summed E-state index contributed by atoms with van der Waals surface area (Å²) in [6, 6.07) is -0.108. The molecule has 1 fully saturated rings. The molecule has 0 saturated heterocycles. The van der Waals surface area contributed by atoms with Crippen LogP contribution < -0.4 is 0 Å². The Hall–Kier alpha value is -1.31. The first-order chi connectivity index (χ1) is 9.24. The van der Waals surface area contributed by atoms with Crippen LogP contribution in [0, 0.1) is 0 Å². The summed E-state index contributed by atoms with van der Waals surface area (Å²) in [6.45, 7) is 1.32. The molecule has 1 unspecified atom stereocenters. The van der Waals surface area contributed by atoms with Gasteiger partial charge < -0.3 is 14.4 Å². The number of nitrogens with zero attached hydrogens (tertiary/aromatic N) is 1. The highest BCUT2D eigenvalue weighted by Crippen LogP contribution is 2.28. The van der Waals surface area contributed by atoms with Gasteiger partial charge in [0.2, 0.25) is 0 Å². The number of halogens is 3. The van der Waals surface area contributed by atoms with Gasteiger partial charge in [0.25, 0.3) is 5.91 Å². The van der Waals surface area contributed by atoms with E-state index in [2.05, 4.69) is 4.74 Å². The van der Waals surface area contributed by atoms with E-state index in [1.807, 2.05) is 0 Å². The Kier molecular flexibility index (Phi) is 5.79. The highest BCUT2D eigenvalue weighted by atomic mass is 19.4. The summed E-state index contributed by atoms with van der Waals surface area (Å²) in [7, 11) is 0. The number of ether oxygens (including phenoxy) is 2. The van der Waals surface area contributed by atoms with E-state index in [9.17, 15) is 22.8 Å². The summed E-state index contributed by atoms with van der Waals surface area (Å²) >= 11 is 0. The maximum absolute atomic E-state index is 12.0. The molecule has 8 heteroatoms. The standard InChI is InChI=1S/C12H18F3NO4/c1-3-19-10(17)6-16(9-4-5-9)11(18)8(2)20-7-12(13,14)15/h8-9H,3-7H2,1-2H3. The van der Waals surface area contributed by atoms with Gasteiger partial charge in [-0.15, -0.1) is 0 Å². The van der Waals surface area contributed by atoms with Gasteiger partial charge in [-0.1, -0.05) is 0 Å². The fourth-order valence-corrected chi connectivity index (χ4v) is 1.64. The highest BCUT2D eigenvalue weighted by molar-refractivity contribution is 5.85. The summed E-state index contributed by atoms with van der Waals surface area (Å²) in [5.74, 6) is -1.19. The van der Waals surface area contributed by atoms with E-state index in [0.29, 0.717) is 0 Å². The molecule has 20 heavy (non-hydrogen) atoms. The van der Waals surface area contributed by atoms with Crippen molar-refractivity contribution in [2.75, 3.05) is 19.8 Å². The van der Waals surface area contributed by atoms with Crippen LogP contribution in [0.4, 0.5) is 13.2 Å². The second-order valence-corrected chi connectivity index (χ2v) is 4.57. The summed E-state index contributed by atoms with van der Waals surface area (Å²) in [5.41, 5.74) is 0. The molecule has 0 spiro atoms. The van der Waals surface area contributed by atoms with E-state index < -0.39 is 30.8 Å². The number of hydrogen-bond acceptors (Lipinski definition) is 4. The third kappa shape index (κ3) is 5.77. The van der Waals surface area contributed by atoms with E-state index in [4.69, 9.17) is 4.74 Å². The smallest absolute Gasteiger partial charge is 0.411 e. The van der Waals surface area contributed by atoms with Gasteiger partial charge in [0, 0.05) is 6.04 Å². The van der Waals surface area contributed by atoms with Gasteiger partial charge in [0.1, 0.15) is 19.3 Å². The quantitative estimate of drug-likeness (QED) is 0.668. The van der Waals surface area contributed by atoms with E-state index in [-0.39, 0.29) is 19.2 Å². The normalized spacial score (nSPS) is 16.6. The summed E-state index contributed by atoms with van der Waals surface area (Å²) in [6.07, 6.45) is -4.26. The zero-order valence-electron chi connectivity index (χ0n) is 11.4. The minimum atomic E-state index is -4.49. The van der Waals surface area contributed by atoms with Crippen molar-refractivity contribution in [2.45, 2.75) is 45.0 Å². The Balaban J connectivity index is 2.53. The van der Waals surface area contributed by atoms with Crippen molar-refractivity contribution >= 4 is 11.9 Å². The van der Waals surface area contributed by atoms with Crippen molar-refractivity contribution in [1.82, 2.24) is 4.90 Å². The maximum atomic E-state index is 12.0. The van der Waals surface area contributed by atoms with Crippen LogP contribution in [0.5, 0.6) is 0 Å². The predicted octanol–water partition coefficient (Wildman–Crippen LogP) is 1.51. The van der Waals surface area contributed by atoms with Crippen molar-refractivity contribution in [1.29, 1.82) is 0 Å². The first kappa shape index (κ1) is 16.7. The monoisotopic (exact) mass is 297 g/mol. The van der Waals surface area contributed by atoms with Crippen molar-refractivity contribution in [3.05, 3.63) is 0 Å². The third-order valence-corrected chi connectivity index (χ3v) is 2.72. The van der Waals surface area contributed by atoms with Crippen LogP contribution in [0.2, 0.25) is 0 Å². The fraction of sp³-hybridized carbons (Fsp3) is 0.833. The van der Waals surface area contributed by atoms with Crippen LogP contribution in [-0.4, -0.2) is 54.9 Å². The molecule has 1 aliphatic rings.